The van der Waals surface area contributed by atoms with E-state index in [0.29, 0.717) is 27.2 Å². The Labute approximate surface area is 231 Å². The molecule has 8 nitrogen and oxygen atoms in total. The highest BCUT2D eigenvalue weighted by Crippen LogP contribution is 2.32. The summed E-state index contributed by atoms with van der Waals surface area (Å²) in [7, 11) is 0. The third-order valence-corrected chi connectivity index (χ3v) is 7.64. The minimum Gasteiger partial charge on any atom is -0.494 e. The van der Waals surface area contributed by atoms with E-state index >= 15 is 0 Å². The normalized spacial score (nSPS) is 17.7. The maximum absolute atomic E-state index is 13.8. The van der Waals surface area contributed by atoms with Gasteiger partial charge in [0.2, 0.25) is 0 Å². The molecule has 5 rings (SSSR count). The van der Waals surface area contributed by atoms with E-state index in [1.165, 1.54) is 11.3 Å². The number of ether oxygens (including phenoxy) is 3. The van der Waals surface area contributed by atoms with Gasteiger partial charge in [-0.2, -0.15) is 0 Å². The standard InChI is InChI=1S/C30H33N3O5S/c1-5-37-24-12-8-22(9-13-24)27-26(29(35)38-19(2)3)20(4)31-30-33(27)28(34)25(39-30)18-21-6-10-23(11-7-21)32-14-16-36-17-15-32/h6-13,18-19,27H,5,14-17H2,1-4H3/b25-18-/t27-/m0/s1. The van der Waals surface area contributed by atoms with Crippen LogP contribution in [-0.2, 0) is 14.3 Å². The van der Waals surface area contributed by atoms with Crippen LogP contribution < -0.4 is 24.5 Å². The second kappa shape index (κ2) is 11.6. The van der Waals surface area contributed by atoms with Gasteiger partial charge < -0.3 is 19.1 Å². The van der Waals surface area contributed by atoms with Crippen LogP contribution in [0.4, 0.5) is 5.69 Å². The third-order valence-electron chi connectivity index (χ3n) is 6.66. The molecular weight excluding hydrogens is 514 g/mol. The molecule has 0 bridgehead atoms. The Bertz CT molecular complexity index is 1550. The zero-order valence-electron chi connectivity index (χ0n) is 22.7. The number of nitrogens with zero attached hydrogens (tertiary/aromatic N) is 3. The molecule has 9 heteroatoms. The Balaban J connectivity index is 1.57. The summed E-state index contributed by atoms with van der Waals surface area (Å²) in [5, 5.41) is 0. The van der Waals surface area contributed by atoms with Crippen LogP contribution in [0.15, 0.2) is 69.6 Å². The van der Waals surface area contributed by atoms with Crippen LogP contribution in [0.25, 0.3) is 6.08 Å². The van der Waals surface area contributed by atoms with Crippen LogP contribution in [0.5, 0.6) is 5.75 Å². The smallest absolute Gasteiger partial charge is 0.338 e. The molecule has 39 heavy (non-hydrogen) atoms. The number of thiazole rings is 1. The van der Waals surface area contributed by atoms with Gasteiger partial charge in [0.15, 0.2) is 4.80 Å². The lowest BCUT2D eigenvalue weighted by Gasteiger charge is -2.28. The topological polar surface area (TPSA) is 82.4 Å². The number of morpholine rings is 1. The summed E-state index contributed by atoms with van der Waals surface area (Å²) in [4.78, 5) is 34.6. The van der Waals surface area contributed by atoms with E-state index in [-0.39, 0.29) is 11.7 Å². The molecule has 1 saturated heterocycles. The molecule has 0 radical (unpaired) electrons. The lowest BCUT2D eigenvalue weighted by atomic mass is 9.96. The van der Waals surface area contributed by atoms with Crippen molar-refractivity contribution in [2.24, 2.45) is 4.99 Å². The monoisotopic (exact) mass is 547 g/mol. The molecule has 0 N–H and O–H groups in total. The molecule has 204 valence electrons. The van der Waals surface area contributed by atoms with Gasteiger partial charge in [-0.3, -0.25) is 9.36 Å². The number of hydrogen-bond donors (Lipinski definition) is 0. The van der Waals surface area contributed by atoms with Gasteiger partial charge in [0.1, 0.15) is 5.75 Å². The first kappa shape index (κ1) is 26.9. The molecule has 1 aromatic heterocycles. The van der Waals surface area contributed by atoms with E-state index < -0.39 is 12.0 Å². The number of rotatable bonds is 7. The molecule has 1 atom stereocenters. The second-order valence-electron chi connectivity index (χ2n) is 9.73. The highest BCUT2D eigenvalue weighted by Gasteiger charge is 2.33. The predicted octanol–water partition coefficient (Wildman–Crippen LogP) is 3.42. The van der Waals surface area contributed by atoms with Gasteiger partial charge >= 0.3 is 5.97 Å². The molecule has 0 saturated carbocycles. The van der Waals surface area contributed by atoms with Crippen molar-refractivity contribution >= 4 is 29.1 Å². The van der Waals surface area contributed by atoms with Crippen LogP contribution in [-0.4, -0.2) is 49.6 Å². The largest absolute Gasteiger partial charge is 0.494 e. The van der Waals surface area contributed by atoms with Gasteiger partial charge in [-0.1, -0.05) is 35.6 Å². The highest BCUT2D eigenvalue weighted by atomic mass is 32.1. The van der Waals surface area contributed by atoms with Crippen molar-refractivity contribution in [2.75, 3.05) is 37.8 Å². The van der Waals surface area contributed by atoms with Crippen molar-refractivity contribution in [1.82, 2.24) is 4.57 Å². The molecule has 0 amide bonds. The zero-order valence-corrected chi connectivity index (χ0v) is 23.5. The van der Waals surface area contributed by atoms with Crippen molar-refractivity contribution in [3.63, 3.8) is 0 Å². The molecule has 2 aromatic carbocycles. The maximum atomic E-state index is 13.8. The van der Waals surface area contributed by atoms with E-state index in [0.717, 1.165) is 48.9 Å². The summed E-state index contributed by atoms with van der Waals surface area (Å²) in [6.07, 6.45) is 1.58. The van der Waals surface area contributed by atoms with Gasteiger partial charge in [-0.05, 0) is 69.2 Å². The molecular formula is C30H33N3O5S. The summed E-state index contributed by atoms with van der Waals surface area (Å²) >= 11 is 1.32. The van der Waals surface area contributed by atoms with Crippen LogP contribution in [0.2, 0.25) is 0 Å². The van der Waals surface area contributed by atoms with E-state index in [4.69, 9.17) is 14.2 Å². The van der Waals surface area contributed by atoms with Crippen LogP contribution in [0, 0.1) is 0 Å². The molecule has 0 spiro atoms. The Kier molecular flexibility index (Phi) is 7.99. The van der Waals surface area contributed by atoms with Crippen molar-refractivity contribution in [2.45, 2.75) is 39.8 Å². The Hall–Kier alpha value is -3.69. The second-order valence-corrected chi connectivity index (χ2v) is 10.7. The number of anilines is 1. The molecule has 3 heterocycles. The number of carbonyl (C=O) groups excluding carboxylic acids is 1. The summed E-state index contributed by atoms with van der Waals surface area (Å²) in [5.41, 5.74) is 3.55. The average molecular weight is 548 g/mol. The number of aromatic nitrogens is 1. The van der Waals surface area contributed by atoms with E-state index in [1.807, 2.05) is 49.4 Å². The summed E-state index contributed by atoms with van der Waals surface area (Å²) < 4.78 is 18.8. The molecule has 3 aromatic rings. The van der Waals surface area contributed by atoms with Crippen LogP contribution >= 0.6 is 11.3 Å². The zero-order chi connectivity index (χ0) is 27.5. The van der Waals surface area contributed by atoms with Crippen LogP contribution in [0.1, 0.15) is 44.9 Å². The minimum absolute atomic E-state index is 0.197. The molecule has 1 fully saturated rings. The molecule has 0 unspecified atom stereocenters. The van der Waals surface area contributed by atoms with Crippen molar-refractivity contribution in [3.8, 4) is 5.75 Å². The fraction of sp³-hybridized carbons (Fsp3) is 0.367. The Morgan fingerprint density at radius 2 is 1.82 bits per heavy atom. The van der Waals surface area contributed by atoms with Gasteiger partial charge in [0.25, 0.3) is 5.56 Å². The number of hydrogen-bond acceptors (Lipinski definition) is 8. The summed E-state index contributed by atoms with van der Waals surface area (Å²) in [6.45, 7) is 11.1. The summed E-state index contributed by atoms with van der Waals surface area (Å²) in [5.74, 6) is 0.249. The Morgan fingerprint density at radius 1 is 1.13 bits per heavy atom. The Morgan fingerprint density at radius 3 is 2.46 bits per heavy atom. The third kappa shape index (κ3) is 5.69. The van der Waals surface area contributed by atoms with E-state index in [1.54, 1.807) is 25.3 Å². The number of allylic oxidation sites excluding steroid dienone is 1. The fourth-order valence-electron chi connectivity index (χ4n) is 4.84. The summed E-state index contributed by atoms with van der Waals surface area (Å²) in [6, 6.07) is 15.0. The van der Waals surface area contributed by atoms with Crippen molar-refractivity contribution in [1.29, 1.82) is 0 Å². The lowest BCUT2D eigenvalue weighted by molar-refractivity contribution is -0.143. The van der Waals surface area contributed by atoms with Gasteiger partial charge in [-0.15, -0.1) is 0 Å². The van der Waals surface area contributed by atoms with E-state index in [2.05, 4.69) is 22.0 Å². The first-order chi connectivity index (χ1) is 18.9. The molecule has 2 aliphatic rings. The van der Waals surface area contributed by atoms with Gasteiger partial charge in [0, 0.05) is 18.8 Å². The number of esters is 1. The maximum Gasteiger partial charge on any atom is 0.338 e. The van der Waals surface area contributed by atoms with Crippen molar-refractivity contribution < 1.29 is 19.0 Å². The van der Waals surface area contributed by atoms with Gasteiger partial charge in [0.05, 0.1) is 47.8 Å². The van der Waals surface area contributed by atoms with E-state index in [9.17, 15) is 9.59 Å². The molecule has 0 aliphatic carbocycles. The molecule has 2 aliphatic heterocycles. The quantitative estimate of drug-likeness (QED) is 0.422. The number of fused-ring (bicyclic) bond motifs is 1. The number of benzene rings is 2. The van der Waals surface area contributed by atoms with Crippen molar-refractivity contribution in [3.05, 3.63) is 90.6 Å². The van der Waals surface area contributed by atoms with Crippen LogP contribution in [0.3, 0.4) is 0 Å². The minimum atomic E-state index is -0.658. The number of carbonyl (C=O) groups is 1. The highest BCUT2D eigenvalue weighted by molar-refractivity contribution is 7.07. The van der Waals surface area contributed by atoms with Gasteiger partial charge in [-0.25, -0.2) is 9.79 Å². The average Bonchev–Trinajstić information content (AvgIpc) is 3.23. The lowest BCUT2D eigenvalue weighted by Crippen LogP contribution is -2.40. The fourth-order valence-corrected chi connectivity index (χ4v) is 5.89. The first-order valence-corrected chi connectivity index (χ1v) is 14.1. The first-order valence-electron chi connectivity index (χ1n) is 13.2. The predicted molar refractivity (Wildman–Crippen MR) is 152 cm³/mol. The SMILES string of the molecule is CCOc1ccc([C@H]2C(C(=O)OC(C)C)=C(C)N=c3s/c(=C\c4ccc(N5CCOCC5)cc4)c(=O)n32)cc1.